The standard InChI is InChI=1S/C34H32P2/c1-27(35(29-17-7-3-8-18-29)30-19-9-4-10-20-30)33-25-15-16-26-34(33)28(2)36(31-21-11-5-12-22-31)32-23-13-6-14-24-32/h3-28H,1-2H3/t27-,28+. The fraction of sp³-hybridized carbons (Fsp3) is 0.118. The van der Waals surface area contributed by atoms with Gasteiger partial charge in [-0.2, -0.15) is 0 Å². The van der Waals surface area contributed by atoms with Crippen molar-refractivity contribution in [3.05, 3.63) is 157 Å². The Hall–Kier alpha value is -3.04. The van der Waals surface area contributed by atoms with E-state index in [1.54, 1.807) is 0 Å². The molecule has 0 nitrogen and oxygen atoms in total. The molecule has 5 aromatic carbocycles. The van der Waals surface area contributed by atoms with Crippen molar-refractivity contribution in [2.75, 3.05) is 0 Å². The average molecular weight is 503 g/mol. The third-order valence-electron chi connectivity index (χ3n) is 6.81. The molecule has 2 heteroatoms. The second-order valence-corrected chi connectivity index (χ2v) is 14.2. The van der Waals surface area contributed by atoms with Crippen molar-refractivity contribution in [2.24, 2.45) is 0 Å². The fourth-order valence-corrected chi connectivity index (χ4v) is 10.5. The summed E-state index contributed by atoms with van der Waals surface area (Å²) in [6.07, 6.45) is 0. The molecular formula is C34H32P2. The first-order valence-electron chi connectivity index (χ1n) is 12.6. The third-order valence-corrected chi connectivity index (χ3v) is 12.3. The van der Waals surface area contributed by atoms with E-state index in [-0.39, 0.29) is 0 Å². The monoisotopic (exact) mass is 502 g/mol. The average Bonchev–Trinajstić information content (AvgIpc) is 2.95. The maximum Gasteiger partial charge on any atom is 0.00966 e. The van der Waals surface area contributed by atoms with Crippen LogP contribution in [0.25, 0.3) is 0 Å². The van der Waals surface area contributed by atoms with E-state index in [0.717, 1.165) is 0 Å². The van der Waals surface area contributed by atoms with Crippen molar-refractivity contribution in [3.63, 3.8) is 0 Å². The Balaban J connectivity index is 1.60. The zero-order chi connectivity index (χ0) is 24.7. The maximum absolute atomic E-state index is 2.44. The molecule has 36 heavy (non-hydrogen) atoms. The van der Waals surface area contributed by atoms with Gasteiger partial charge in [0.2, 0.25) is 0 Å². The van der Waals surface area contributed by atoms with Gasteiger partial charge in [0.25, 0.3) is 0 Å². The molecule has 0 aliphatic rings. The van der Waals surface area contributed by atoms with E-state index >= 15 is 0 Å². The summed E-state index contributed by atoms with van der Waals surface area (Å²) in [6, 6.07) is 53.6. The number of hydrogen-bond acceptors (Lipinski definition) is 0. The zero-order valence-corrected chi connectivity index (χ0v) is 22.7. The Kier molecular flexibility index (Phi) is 8.08. The molecule has 5 aromatic rings. The highest BCUT2D eigenvalue weighted by molar-refractivity contribution is 7.73. The first kappa shape index (κ1) is 24.6. The van der Waals surface area contributed by atoms with Crippen molar-refractivity contribution < 1.29 is 0 Å². The fourth-order valence-electron chi connectivity index (χ4n) is 5.10. The molecule has 0 saturated carbocycles. The molecule has 0 aliphatic carbocycles. The summed E-state index contributed by atoms with van der Waals surface area (Å²) >= 11 is 0. The molecule has 0 heterocycles. The molecule has 0 spiro atoms. The van der Waals surface area contributed by atoms with Crippen LogP contribution in [0.15, 0.2) is 146 Å². The van der Waals surface area contributed by atoms with E-state index < -0.39 is 15.8 Å². The Morgan fingerprint density at radius 3 is 0.806 bits per heavy atom. The first-order valence-corrected chi connectivity index (χ1v) is 15.4. The largest absolute Gasteiger partial charge is 0.0622 e. The maximum atomic E-state index is 2.44. The van der Waals surface area contributed by atoms with Crippen LogP contribution in [0, 0.1) is 0 Å². The lowest BCUT2D eigenvalue weighted by Gasteiger charge is -2.32. The number of hydrogen-bond donors (Lipinski definition) is 0. The van der Waals surface area contributed by atoms with Crippen LogP contribution in [0.2, 0.25) is 0 Å². The van der Waals surface area contributed by atoms with E-state index in [0.29, 0.717) is 11.3 Å². The van der Waals surface area contributed by atoms with Crippen LogP contribution in [0.3, 0.4) is 0 Å². The smallest absolute Gasteiger partial charge is 0.00966 e. The van der Waals surface area contributed by atoms with Crippen LogP contribution >= 0.6 is 15.8 Å². The summed E-state index contributed by atoms with van der Waals surface area (Å²) in [4.78, 5) is 0. The zero-order valence-electron chi connectivity index (χ0n) is 20.9. The van der Waals surface area contributed by atoms with Crippen molar-refractivity contribution in [3.8, 4) is 0 Å². The van der Waals surface area contributed by atoms with Gasteiger partial charge >= 0.3 is 0 Å². The Labute approximate surface area is 218 Å². The van der Waals surface area contributed by atoms with Crippen LogP contribution in [0.1, 0.15) is 36.3 Å². The van der Waals surface area contributed by atoms with Gasteiger partial charge in [0, 0.05) is 11.3 Å². The second-order valence-electron chi connectivity index (χ2n) is 9.06. The highest BCUT2D eigenvalue weighted by Crippen LogP contribution is 2.55. The molecule has 0 amide bonds. The Bertz CT molecular complexity index is 1160. The molecule has 0 fully saturated rings. The molecule has 0 saturated heterocycles. The van der Waals surface area contributed by atoms with Crippen LogP contribution in [0.5, 0.6) is 0 Å². The summed E-state index contributed by atoms with van der Waals surface area (Å²) in [5.74, 6) is 0. The molecule has 178 valence electrons. The van der Waals surface area contributed by atoms with Gasteiger partial charge < -0.3 is 0 Å². The van der Waals surface area contributed by atoms with Crippen LogP contribution < -0.4 is 21.2 Å². The van der Waals surface area contributed by atoms with Gasteiger partial charge in [0.1, 0.15) is 0 Å². The van der Waals surface area contributed by atoms with Crippen molar-refractivity contribution in [1.29, 1.82) is 0 Å². The van der Waals surface area contributed by atoms with E-state index in [2.05, 4.69) is 159 Å². The molecule has 0 unspecified atom stereocenters. The minimum atomic E-state index is -0.550. The summed E-state index contributed by atoms with van der Waals surface area (Å²) in [6.45, 7) is 4.87. The van der Waals surface area contributed by atoms with Crippen LogP contribution in [-0.4, -0.2) is 0 Å². The van der Waals surface area contributed by atoms with Gasteiger partial charge in [-0.3, -0.25) is 0 Å². The number of rotatable bonds is 8. The van der Waals surface area contributed by atoms with Gasteiger partial charge in [-0.1, -0.05) is 159 Å². The lowest BCUT2D eigenvalue weighted by atomic mass is 10.0. The molecule has 0 radical (unpaired) electrons. The third kappa shape index (κ3) is 5.37. The van der Waals surface area contributed by atoms with Gasteiger partial charge in [-0.05, 0) is 48.2 Å². The first-order chi connectivity index (χ1) is 17.7. The molecule has 2 atom stereocenters. The SMILES string of the molecule is C[C@H](c1ccccc1[C@H](C)P(c1ccccc1)c1ccccc1)P(c1ccccc1)c1ccccc1. The molecule has 0 aromatic heterocycles. The number of benzene rings is 5. The van der Waals surface area contributed by atoms with E-state index in [9.17, 15) is 0 Å². The Morgan fingerprint density at radius 2 is 0.556 bits per heavy atom. The predicted molar refractivity (Wildman–Crippen MR) is 161 cm³/mol. The molecular weight excluding hydrogens is 470 g/mol. The minimum Gasteiger partial charge on any atom is -0.0622 e. The lowest BCUT2D eigenvalue weighted by molar-refractivity contribution is 0.990. The highest BCUT2D eigenvalue weighted by Gasteiger charge is 2.29. The van der Waals surface area contributed by atoms with Gasteiger partial charge in [-0.15, -0.1) is 0 Å². The molecule has 5 rings (SSSR count). The van der Waals surface area contributed by atoms with E-state index in [1.165, 1.54) is 32.3 Å². The summed E-state index contributed by atoms with van der Waals surface area (Å²) < 4.78 is 0. The van der Waals surface area contributed by atoms with Crippen molar-refractivity contribution >= 4 is 37.1 Å². The normalized spacial score (nSPS) is 13.0. The predicted octanol–water partition coefficient (Wildman–Crippen LogP) is 8.07. The van der Waals surface area contributed by atoms with Crippen molar-refractivity contribution in [1.82, 2.24) is 0 Å². The minimum absolute atomic E-state index is 0.395. The van der Waals surface area contributed by atoms with Gasteiger partial charge in [-0.25, -0.2) is 0 Å². The quantitative estimate of drug-likeness (QED) is 0.188. The molecule has 0 bridgehead atoms. The summed E-state index contributed by atoms with van der Waals surface area (Å²) in [7, 11) is -1.10. The van der Waals surface area contributed by atoms with E-state index in [1.807, 2.05) is 0 Å². The summed E-state index contributed by atoms with van der Waals surface area (Å²) in [5, 5.41) is 5.73. The van der Waals surface area contributed by atoms with Gasteiger partial charge in [0.15, 0.2) is 0 Å². The van der Waals surface area contributed by atoms with E-state index in [4.69, 9.17) is 0 Å². The van der Waals surface area contributed by atoms with Gasteiger partial charge in [0.05, 0.1) is 0 Å². The topological polar surface area (TPSA) is 0 Å². The van der Waals surface area contributed by atoms with Crippen molar-refractivity contribution in [2.45, 2.75) is 25.2 Å². The Morgan fingerprint density at radius 1 is 0.333 bits per heavy atom. The lowest BCUT2D eigenvalue weighted by Crippen LogP contribution is -2.19. The summed E-state index contributed by atoms with van der Waals surface area (Å²) in [5.41, 5.74) is 3.74. The second kappa shape index (κ2) is 11.8. The highest BCUT2D eigenvalue weighted by atomic mass is 31.1. The molecule has 0 N–H and O–H groups in total. The van der Waals surface area contributed by atoms with Crippen LogP contribution in [-0.2, 0) is 0 Å². The van der Waals surface area contributed by atoms with Crippen LogP contribution in [0.4, 0.5) is 0 Å². The molecule has 0 aliphatic heterocycles.